The zero-order valence-corrected chi connectivity index (χ0v) is 5.66. The first-order valence-electron chi connectivity index (χ1n) is 3.00. The molecule has 2 amide bonds. The summed E-state index contributed by atoms with van der Waals surface area (Å²) in [5.41, 5.74) is 7.06. The van der Waals surface area contributed by atoms with E-state index in [-0.39, 0.29) is 5.75 Å². The Bertz CT molecular complexity index is 256. The van der Waals surface area contributed by atoms with Crippen LogP contribution in [0.2, 0.25) is 0 Å². The summed E-state index contributed by atoms with van der Waals surface area (Å²) in [6, 6.07) is 5.04. The molecule has 0 aliphatic heterocycles. The standard InChI is InChI=1S/C7H7N2O2/c8-7(11)9-5-1-3-6(10)4-2-5/h1-4,8,10H,(H,9,11). The van der Waals surface area contributed by atoms with Crippen molar-refractivity contribution in [3.05, 3.63) is 24.3 Å². The molecule has 0 aliphatic carbocycles. The van der Waals surface area contributed by atoms with Gasteiger partial charge >= 0.3 is 6.03 Å². The van der Waals surface area contributed by atoms with Crippen LogP contribution >= 0.6 is 0 Å². The molecule has 0 atom stereocenters. The van der Waals surface area contributed by atoms with E-state index >= 15 is 0 Å². The van der Waals surface area contributed by atoms with E-state index in [0.717, 1.165) is 0 Å². The summed E-state index contributed by atoms with van der Waals surface area (Å²) in [4.78, 5) is 10.2. The summed E-state index contributed by atoms with van der Waals surface area (Å²) in [7, 11) is 0. The zero-order chi connectivity index (χ0) is 8.27. The predicted molar refractivity (Wildman–Crippen MR) is 40.2 cm³/mol. The van der Waals surface area contributed by atoms with Crippen molar-refractivity contribution in [1.29, 1.82) is 0 Å². The monoisotopic (exact) mass is 151 g/mol. The first-order chi connectivity index (χ1) is 5.18. The molecule has 0 saturated carbocycles. The third-order valence-corrected chi connectivity index (χ3v) is 1.13. The Morgan fingerprint density at radius 1 is 1.36 bits per heavy atom. The number of urea groups is 1. The molecule has 4 nitrogen and oxygen atoms in total. The molecule has 3 N–H and O–H groups in total. The van der Waals surface area contributed by atoms with E-state index in [9.17, 15) is 4.79 Å². The van der Waals surface area contributed by atoms with E-state index in [1.807, 2.05) is 0 Å². The second-order valence-corrected chi connectivity index (χ2v) is 2.00. The van der Waals surface area contributed by atoms with Crippen molar-refractivity contribution in [3.63, 3.8) is 0 Å². The lowest BCUT2D eigenvalue weighted by atomic mass is 10.3. The molecule has 1 radical (unpaired) electrons. The number of nitrogens with one attached hydrogen (secondary N) is 2. The highest BCUT2D eigenvalue weighted by Gasteiger charge is 1.94. The Morgan fingerprint density at radius 2 is 1.91 bits per heavy atom. The quantitative estimate of drug-likeness (QED) is 0.592. The highest BCUT2D eigenvalue weighted by atomic mass is 16.3. The number of carbonyl (C=O) groups is 1. The third kappa shape index (κ3) is 2.17. The minimum Gasteiger partial charge on any atom is -0.508 e. The second-order valence-electron chi connectivity index (χ2n) is 2.00. The number of hydrogen-bond donors (Lipinski definition) is 2. The lowest BCUT2D eigenvalue weighted by molar-refractivity contribution is 0.258. The van der Waals surface area contributed by atoms with Crippen molar-refractivity contribution < 1.29 is 9.90 Å². The van der Waals surface area contributed by atoms with Crippen molar-refractivity contribution in [2.45, 2.75) is 0 Å². The average molecular weight is 151 g/mol. The molecule has 0 spiro atoms. The topological polar surface area (TPSA) is 73.1 Å². The van der Waals surface area contributed by atoms with Gasteiger partial charge in [0.25, 0.3) is 0 Å². The molecule has 0 aliphatic rings. The summed E-state index contributed by atoms with van der Waals surface area (Å²) < 4.78 is 0. The molecule has 0 heterocycles. The number of rotatable bonds is 1. The Hall–Kier alpha value is -1.71. The van der Waals surface area contributed by atoms with E-state index < -0.39 is 6.03 Å². The number of benzene rings is 1. The number of phenols is 1. The normalized spacial score (nSPS) is 9.09. The molecule has 1 rings (SSSR count). The molecule has 1 aromatic carbocycles. The number of phenolic OH excluding ortho intramolecular Hbond substituents is 1. The van der Waals surface area contributed by atoms with Crippen LogP contribution in [0.1, 0.15) is 0 Å². The van der Waals surface area contributed by atoms with Gasteiger partial charge in [-0.1, -0.05) is 0 Å². The van der Waals surface area contributed by atoms with E-state index in [1.165, 1.54) is 24.3 Å². The highest BCUT2D eigenvalue weighted by Crippen LogP contribution is 2.12. The molecule has 4 heteroatoms. The zero-order valence-electron chi connectivity index (χ0n) is 5.66. The lowest BCUT2D eigenvalue weighted by Crippen LogP contribution is -2.08. The number of amides is 2. The van der Waals surface area contributed by atoms with Gasteiger partial charge in [0.2, 0.25) is 0 Å². The third-order valence-electron chi connectivity index (χ3n) is 1.13. The molecule has 0 aromatic heterocycles. The van der Waals surface area contributed by atoms with Crippen LogP contribution in [-0.2, 0) is 0 Å². The molecular formula is C7H7N2O2. The smallest absolute Gasteiger partial charge is 0.337 e. The minimum atomic E-state index is -0.865. The lowest BCUT2D eigenvalue weighted by Gasteiger charge is -1.98. The summed E-state index contributed by atoms with van der Waals surface area (Å²) in [5, 5.41) is 11.1. The Labute approximate surface area is 63.6 Å². The fraction of sp³-hybridized carbons (Fsp3) is 0. The molecule has 0 bridgehead atoms. The highest BCUT2D eigenvalue weighted by molar-refractivity contribution is 5.87. The Morgan fingerprint density at radius 3 is 2.36 bits per heavy atom. The van der Waals surface area contributed by atoms with Gasteiger partial charge in [0.15, 0.2) is 0 Å². The number of aromatic hydroxyl groups is 1. The van der Waals surface area contributed by atoms with Gasteiger partial charge in [-0.05, 0) is 24.3 Å². The molecule has 0 fully saturated rings. The van der Waals surface area contributed by atoms with Crippen LogP contribution in [0.4, 0.5) is 10.5 Å². The Kier molecular flexibility index (Phi) is 1.96. The second kappa shape index (κ2) is 2.92. The van der Waals surface area contributed by atoms with Gasteiger partial charge in [0.05, 0.1) is 0 Å². The van der Waals surface area contributed by atoms with Gasteiger partial charge in [-0.3, -0.25) is 0 Å². The molecule has 0 saturated heterocycles. The van der Waals surface area contributed by atoms with Crippen LogP contribution in [0.3, 0.4) is 0 Å². The van der Waals surface area contributed by atoms with Gasteiger partial charge in [-0.15, -0.1) is 0 Å². The van der Waals surface area contributed by atoms with Crippen LogP contribution < -0.4 is 11.1 Å². The molecule has 57 valence electrons. The van der Waals surface area contributed by atoms with E-state index in [2.05, 4.69) is 5.32 Å². The van der Waals surface area contributed by atoms with Gasteiger partial charge in [0, 0.05) is 5.69 Å². The van der Waals surface area contributed by atoms with Gasteiger partial charge < -0.3 is 10.4 Å². The van der Waals surface area contributed by atoms with Gasteiger partial charge in [-0.25, -0.2) is 10.5 Å². The van der Waals surface area contributed by atoms with Crippen LogP contribution in [0.5, 0.6) is 5.75 Å². The Balaban J connectivity index is 2.74. The van der Waals surface area contributed by atoms with Crippen LogP contribution in [-0.4, -0.2) is 11.1 Å². The number of hydrogen-bond acceptors (Lipinski definition) is 2. The van der Waals surface area contributed by atoms with Crippen LogP contribution in [0.15, 0.2) is 24.3 Å². The summed E-state index contributed by atoms with van der Waals surface area (Å²) >= 11 is 0. The molecule has 1 aromatic rings. The van der Waals surface area contributed by atoms with Crippen molar-refractivity contribution in [1.82, 2.24) is 5.73 Å². The van der Waals surface area contributed by atoms with Gasteiger partial charge in [0.1, 0.15) is 5.75 Å². The number of anilines is 1. The molecule has 0 unspecified atom stereocenters. The van der Waals surface area contributed by atoms with Crippen LogP contribution in [0, 0.1) is 0 Å². The van der Waals surface area contributed by atoms with Crippen molar-refractivity contribution >= 4 is 11.7 Å². The molecular weight excluding hydrogens is 144 g/mol. The van der Waals surface area contributed by atoms with Crippen molar-refractivity contribution in [2.24, 2.45) is 0 Å². The first kappa shape index (κ1) is 7.40. The minimum absolute atomic E-state index is 0.132. The number of carbonyl (C=O) groups excluding carboxylic acids is 1. The summed E-state index contributed by atoms with van der Waals surface area (Å²) in [5.74, 6) is 0.132. The fourth-order valence-electron chi connectivity index (χ4n) is 0.676. The van der Waals surface area contributed by atoms with E-state index in [1.54, 1.807) is 0 Å². The SMILES string of the molecule is [NH]C(=O)Nc1ccc(O)cc1. The maximum Gasteiger partial charge on any atom is 0.337 e. The maximum atomic E-state index is 10.2. The van der Waals surface area contributed by atoms with E-state index in [0.29, 0.717) is 5.69 Å². The van der Waals surface area contributed by atoms with Crippen molar-refractivity contribution in [3.8, 4) is 5.75 Å². The first-order valence-corrected chi connectivity index (χ1v) is 3.00. The van der Waals surface area contributed by atoms with Crippen molar-refractivity contribution in [2.75, 3.05) is 5.32 Å². The molecule has 11 heavy (non-hydrogen) atoms. The largest absolute Gasteiger partial charge is 0.508 e. The van der Waals surface area contributed by atoms with Gasteiger partial charge in [-0.2, -0.15) is 0 Å². The van der Waals surface area contributed by atoms with E-state index in [4.69, 9.17) is 10.8 Å². The average Bonchev–Trinajstić information content (AvgIpc) is 1.93. The summed E-state index contributed by atoms with van der Waals surface area (Å²) in [6.07, 6.45) is 0. The fourth-order valence-corrected chi connectivity index (χ4v) is 0.676. The maximum absolute atomic E-state index is 10.2. The predicted octanol–water partition coefficient (Wildman–Crippen LogP) is 1.21. The van der Waals surface area contributed by atoms with Crippen LogP contribution in [0.25, 0.3) is 0 Å². The summed E-state index contributed by atoms with van der Waals surface area (Å²) in [6.45, 7) is 0.